The van der Waals surface area contributed by atoms with Gasteiger partial charge in [0.25, 0.3) is 0 Å². The van der Waals surface area contributed by atoms with E-state index in [1.54, 1.807) is 13.2 Å². The zero-order chi connectivity index (χ0) is 10.7. The molecule has 0 spiro atoms. The lowest BCUT2D eigenvalue weighted by molar-refractivity contribution is 0.397. The molecule has 2 heteroatoms. The lowest BCUT2D eigenvalue weighted by Gasteiger charge is -2.23. The molecule has 2 rings (SSSR count). The van der Waals surface area contributed by atoms with Crippen LogP contribution in [-0.4, -0.2) is 12.2 Å². The van der Waals surface area contributed by atoms with Gasteiger partial charge < -0.3 is 9.84 Å². The van der Waals surface area contributed by atoms with Crippen molar-refractivity contribution in [2.24, 2.45) is 0 Å². The number of aromatic hydroxyl groups is 1. The third-order valence-corrected chi connectivity index (χ3v) is 3.28. The number of phenols is 1. The lowest BCUT2D eigenvalue weighted by atomic mass is 9.83. The highest BCUT2D eigenvalue weighted by Gasteiger charge is 2.18. The van der Waals surface area contributed by atoms with Crippen molar-refractivity contribution in [3.05, 3.63) is 23.8 Å². The molecule has 82 valence electrons. The van der Waals surface area contributed by atoms with Gasteiger partial charge in [-0.2, -0.15) is 0 Å². The SMILES string of the molecule is COc1ccc(O)c(C2CCCCC2)c1. The zero-order valence-electron chi connectivity index (χ0n) is 9.20. The number of rotatable bonds is 2. The zero-order valence-corrected chi connectivity index (χ0v) is 9.20. The second kappa shape index (κ2) is 4.56. The highest BCUT2D eigenvalue weighted by molar-refractivity contribution is 5.41. The largest absolute Gasteiger partial charge is 0.508 e. The number of hydrogen-bond donors (Lipinski definition) is 1. The Bertz CT molecular complexity index is 327. The number of hydrogen-bond acceptors (Lipinski definition) is 2. The lowest BCUT2D eigenvalue weighted by Crippen LogP contribution is -2.04. The third-order valence-electron chi connectivity index (χ3n) is 3.28. The molecule has 1 aromatic carbocycles. The summed E-state index contributed by atoms with van der Waals surface area (Å²) in [5, 5.41) is 9.83. The number of methoxy groups -OCH3 is 1. The van der Waals surface area contributed by atoms with Gasteiger partial charge in [-0.3, -0.25) is 0 Å². The van der Waals surface area contributed by atoms with Gasteiger partial charge in [0.15, 0.2) is 0 Å². The van der Waals surface area contributed by atoms with E-state index in [1.807, 2.05) is 12.1 Å². The molecular formula is C13H18O2. The summed E-state index contributed by atoms with van der Waals surface area (Å²) >= 11 is 0. The van der Waals surface area contributed by atoms with Gasteiger partial charge in [0.05, 0.1) is 7.11 Å². The Morgan fingerprint density at radius 2 is 1.93 bits per heavy atom. The van der Waals surface area contributed by atoms with Crippen LogP contribution in [0.5, 0.6) is 11.5 Å². The fourth-order valence-electron chi connectivity index (χ4n) is 2.40. The minimum Gasteiger partial charge on any atom is -0.508 e. The number of benzene rings is 1. The van der Waals surface area contributed by atoms with Gasteiger partial charge in [0, 0.05) is 5.56 Å². The van der Waals surface area contributed by atoms with Gasteiger partial charge in [0.2, 0.25) is 0 Å². The molecule has 2 nitrogen and oxygen atoms in total. The second-order valence-electron chi connectivity index (χ2n) is 4.26. The summed E-state index contributed by atoms with van der Waals surface area (Å²) in [6.07, 6.45) is 6.28. The Morgan fingerprint density at radius 1 is 1.20 bits per heavy atom. The second-order valence-corrected chi connectivity index (χ2v) is 4.26. The summed E-state index contributed by atoms with van der Waals surface area (Å²) in [6.45, 7) is 0. The third kappa shape index (κ3) is 2.25. The predicted molar refractivity (Wildman–Crippen MR) is 60.5 cm³/mol. The van der Waals surface area contributed by atoms with Crippen LogP contribution in [0.1, 0.15) is 43.6 Å². The monoisotopic (exact) mass is 206 g/mol. The van der Waals surface area contributed by atoms with Crippen LogP contribution in [0.25, 0.3) is 0 Å². The van der Waals surface area contributed by atoms with Crippen LogP contribution in [0.15, 0.2) is 18.2 Å². The van der Waals surface area contributed by atoms with Gasteiger partial charge in [-0.25, -0.2) is 0 Å². The van der Waals surface area contributed by atoms with Crippen molar-refractivity contribution in [1.82, 2.24) is 0 Å². The fourth-order valence-corrected chi connectivity index (χ4v) is 2.40. The van der Waals surface area contributed by atoms with Crippen LogP contribution in [-0.2, 0) is 0 Å². The molecule has 1 fully saturated rings. The minimum absolute atomic E-state index is 0.419. The normalized spacial score (nSPS) is 17.7. The fraction of sp³-hybridized carbons (Fsp3) is 0.538. The van der Waals surface area contributed by atoms with Gasteiger partial charge >= 0.3 is 0 Å². The van der Waals surface area contributed by atoms with E-state index in [0.717, 1.165) is 11.3 Å². The summed E-state index contributed by atoms with van der Waals surface area (Å²) in [5.74, 6) is 1.78. The van der Waals surface area contributed by atoms with Crippen LogP contribution < -0.4 is 4.74 Å². The van der Waals surface area contributed by atoms with E-state index in [-0.39, 0.29) is 0 Å². The first kappa shape index (κ1) is 10.3. The van der Waals surface area contributed by atoms with Crippen LogP contribution in [0.3, 0.4) is 0 Å². The van der Waals surface area contributed by atoms with E-state index in [0.29, 0.717) is 11.7 Å². The minimum atomic E-state index is 0.419. The molecule has 0 aromatic heterocycles. The van der Waals surface area contributed by atoms with Crippen LogP contribution in [0.2, 0.25) is 0 Å². The molecular weight excluding hydrogens is 188 g/mol. The molecule has 0 bridgehead atoms. The van der Waals surface area contributed by atoms with Crippen molar-refractivity contribution in [2.75, 3.05) is 7.11 Å². The molecule has 1 saturated carbocycles. The molecule has 0 radical (unpaired) electrons. The molecule has 0 aliphatic heterocycles. The van der Waals surface area contributed by atoms with Crippen molar-refractivity contribution >= 4 is 0 Å². The van der Waals surface area contributed by atoms with Crippen LogP contribution >= 0.6 is 0 Å². The molecule has 0 heterocycles. The summed E-state index contributed by atoms with van der Waals surface area (Å²) < 4.78 is 5.19. The molecule has 0 unspecified atom stereocenters. The first-order valence-electron chi connectivity index (χ1n) is 5.68. The van der Waals surface area contributed by atoms with Crippen LogP contribution in [0, 0.1) is 0 Å². The summed E-state index contributed by atoms with van der Waals surface area (Å²) in [4.78, 5) is 0. The van der Waals surface area contributed by atoms with Crippen LogP contribution in [0.4, 0.5) is 0 Å². The molecule has 1 aliphatic rings. The van der Waals surface area contributed by atoms with Gasteiger partial charge in [-0.15, -0.1) is 0 Å². The smallest absolute Gasteiger partial charge is 0.119 e. The Hall–Kier alpha value is -1.18. The van der Waals surface area contributed by atoms with E-state index in [4.69, 9.17) is 4.74 Å². The first-order chi connectivity index (χ1) is 7.31. The summed E-state index contributed by atoms with van der Waals surface area (Å²) in [7, 11) is 1.66. The Balaban J connectivity index is 2.24. The Labute approximate surface area is 90.9 Å². The number of ether oxygens (including phenoxy) is 1. The topological polar surface area (TPSA) is 29.5 Å². The van der Waals surface area contributed by atoms with E-state index >= 15 is 0 Å². The quantitative estimate of drug-likeness (QED) is 0.803. The maximum Gasteiger partial charge on any atom is 0.119 e. The number of phenolic OH excluding ortho intramolecular Hbond substituents is 1. The highest BCUT2D eigenvalue weighted by Crippen LogP contribution is 2.38. The maximum absolute atomic E-state index is 9.83. The average Bonchev–Trinajstić information content (AvgIpc) is 2.31. The molecule has 0 amide bonds. The van der Waals surface area contributed by atoms with Gasteiger partial charge in [-0.05, 0) is 37.0 Å². The van der Waals surface area contributed by atoms with Gasteiger partial charge in [-0.1, -0.05) is 19.3 Å². The first-order valence-corrected chi connectivity index (χ1v) is 5.68. The molecule has 1 N–H and O–H groups in total. The summed E-state index contributed by atoms with van der Waals surface area (Å²) in [6, 6.07) is 5.52. The Kier molecular flexibility index (Phi) is 3.14. The van der Waals surface area contributed by atoms with Crippen molar-refractivity contribution in [3.8, 4) is 11.5 Å². The predicted octanol–water partition coefficient (Wildman–Crippen LogP) is 3.45. The molecule has 15 heavy (non-hydrogen) atoms. The summed E-state index contributed by atoms with van der Waals surface area (Å²) in [5.41, 5.74) is 1.06. The van der Waals surface area contributed by atoms with Gasteiger partial charge in [0.1, 0.15) is 11.5 Å². The molecule has 1 aliphatic carbocycles. The standard InChI is InChI=1S/C13H18O2/c1-15-11-7-8-13(14)12(9-11)10-5-3-2-4-6-10/h7-10,14H,2-6H2,1H3. The van der Waals surface area contributed by atoms with E-state index in [2.05, 4.69) is 0 Å². The van der Waals surface area contributed by atoms with Crippen molar-refractivity contribution < 1.29 is 9.84 Å². The van der Waals surface area contributed by atoms with E-state index in [9.17, 15) is 5.11 Å². The Morgan fingerprint density at radius 3 is 2.60 bits per heavy atom. The highest BCUT2D eigenvalue weighted by atomic mass is 16.5. The van der Waals surface area contributed by atoms with Crippen molar-refractivity contribution in [2.45, 2.75) is 38.0 Å². The van der Waals surface area contributed by atoms with E-state index in [1.165, 1.54) is 32.1 Å². The molecule has 1 aromatic rings. The van der Waals surface area contributed by atoms with E-state index < -0.39 is 0 Å². The average molecular weight is 206 g/mol. The van der Waals surface area contributed by atoms with Crippen molar-refractivity contribution in [3.63, 3.8) is 0 Å². The maximum atomic E-state index is 9.83. The van der Waals surface area contributed by atoms with Crippen molar-refractivity contribution in [1.29, 1.82) is 0 Å². The molecule has 0 saturated heterocycles. The molecule has 0 atom stereocenters.